The lowest BCUT2D eigenvalue weighted by atomic mass is 9.95. The summed E-state index contributed by atoms with van der Waals surface area (Å²) in [6.07, 6.45) is 1.29. The Morgan fingerprint density at radius 1 is 1.12 bits per heavy atom. The van der Waals surface area contributed by atoms with Gasteiger partial charge in [-0.05, 0) is 62.2 Å². The first-order valence-corrected chi connectivity index (χ1v) is 12.9. The van der Waals surface area contributed by atoms with Crippen LogP contribution in [-0.2, 0) is 14.3 Å². The van der Waals surface area contributed by atoms with Gasteiger partial charge >= 0.3 is 12.0 Å². The molecule has 43 heavy (non-hydrogen) atoms. The van der Waals surface area contributed by atoms with E-state index in [-0.39, 0.29) is 22.8 Å². The van der Waals surface area contributed by atoms with Crippen molar-refractivity contribution in [2.24, 2.45) is 5.10 Å². The van der Waals surface area contributed by atoms with E-state index in [9.17, 15) is 24.5 Å². The van der Waals surface area contributed by atoms with E-state index < -0.39 is 35.5 Å². The number of hydrogen-bond acceptors (Lipinski definition) is 10. The van der Waals surface area contributed by atoms with Gasteiger partial charge in [0.2, 0.25) is 0 Å². The van der Waals surface area contributed by atoms with Crippen molar-refractivity contribution in [2.45, 2.75) is 26.8 Å². The number of ether oxygens (including phenoxy) is 3. The predicted octanol–water partition coefficient (Wildman–Crippen LogP) is 3.81. The smallest absolute Gasteiger partial charge is 0.337 e. The Balaban J connectivity index is 1.39. The zero-order chi connectivity index (χ0) is 31.3. The number of hydrazone groups is 1. The van der Waals surface area contributed by atoms with Gasteiger partial charge < -0.3 is 29.3 Å². The predicted molar refractivity (Wildman–Crippen MR) is 154 cm³/mol. The highest BCUT2D eigenvalue weighted by atomic mass is 16.6. The number of aryl methyl sites for hydroxylation is 1. The molecule has 0 unspecified atom stereocenters. The summed E-state index contributed by atoms with van der Waals surface area (Å²) in [7, 11) is 2.66. The molecule has 1 aliphatic heterocycles. The van der Waals surface area contributed by atoms with Crippen LogP contribution in [0.15, 0.2) is 63.3 Å². The molecule has 0 bridgehead atoms. The SMILES string of the molecule is COC(=O)C1=C(C)NC(=O)N[C@@H]1c1ccc(OCC(=O)N/N=C\c2ccc(-c3cc(C)c(C)c([N+](=O)[O-])c3)o2)c(OC)c1. The molecule has 0 aliphatic carbocycles. The molecule has 1 atom stereocenters. The number of nitro benzene ring substituents is 1. The molecule has 0 saturated carbocycles. The molecule has 14 nitrogen and oxygen atoms in total. The fourth-order valence-corrected chi connectivity index (χ4v) is 4.40. The van der Waals surface area contributed by atoms with Gasteiger partial charge in [-0.25, -0.2) is 15.0 Å². The molecule has 4 rings (SSSR count). The van der Waals surface area contributed by atoms with E-state index in [0.29, 0.717) is 33.9 Å². The van der Waals surface area contributed by atoms with Gasteiger partial charge in [-0.3, -0.25) is 14.9 Å². The first kappa shape index (κ1) is 30.3. The molecule has 0 saturated heterocycles. The molecule has 0 radical (unpaired) electrons. The van der Waals surface area contributed by atoms with Gasteiger partial charge in [0.25, 0.3) is 11.6 Å². The van der Waals surface area contributed by atoms with Crippen molar-refractivity contribution in [3.63, 3.8) is 0 Å². The van der Waals surface area contributed by atoms with E-state index in [1.54, 1.807) is 57.2 Å². The summed E-state index contributed by atoms with van der Waals surface area (Å²) in [4.78, 5) is 47.7. The third kappa shape index (κ3) is 6.81. The van der Waals surface area contributed by atoms with E-state index in [1.807, 2.05) is 0 Å². The second kappa shape index (κ2) is 12.9. The maximum Gasteiger partial charge on any atom is 0.337 e. The van der Waals surface area contributed by atoms with Crippen LogP contribution in [0.3, 0.4) is 0 Å². The monoisotopic (exact) mass is 591 g/mol. The van der Waals surface area contributed by atoms with Crippen molar-refractivity contribution in [1.82, 2.24) is 16.1 Å². The Morgan fingerprint density at radius 2 is 1.88 bits per heavy atom. The summed E-state index contributed by atoms with van der Waals surface area (Å²) in [5.74, 6) is 0.0473. The molecule has 2 aromatic carbocycles. The molecular formula is C29H29N5O9. The molecule has 224 valence electrons. The Kier molecular flexibility index (Phi) is 9.08. The quantitative estimate of drug-likeness (QED) is 0.137. The summed E-state index contributed by atoms with van der Waals surface area (Å²) < 4.78 is 21.6. The Hall–Kier alpha value is -5.66. The molecule has 1 aliphatic rings. The number of rotatable bonds is 10. The number of nitro groups is 1. The number of benzene rings is 2. The average molecular weight is 592 g/mol. The van der Waals surface area contributed by atoms with Gasteiger partial charge in [0.05, 0.1) is 37.0 Å². The Bertz CT molecular complexity index is 1660. The highest BCUT2D eigenvalue weighted by molar-refractivity contribution is 5.95. The number of amides is 3. The number of esters is 1. The first-order valence-electron chi connectivity index (χ1n) is 12.9. The number of urea groups is 1. The van der Waals surface area contributed by atoms with Crippen molar-refractivity contribution in [3.05, 3.63) is 86.3 Å². The number of nitrogens with one attached hydrogen (secondary N) is 3. The molecule has 3 aromatic rings. The van der Waals surface area contributed by atoms with Crippen LogP contribution in [-0.4, -0.2) is 49.9 Å². The van der Waals surface area contributed by atoms with Gasteiger partial charge in [-0.1, -0.05) is 6.07 Å². The summed E-state index contributed by atoms with van der Waals surface area (Å²) in [5, 5.41) is 20.5. The topological polar surface area (TPSA) is 184 Å². The summed E-state index contributed by atoms with van der Waals surface area (Å²) in [5.41, 5.74) is 5.32. The highest BCUT2D eigenvalue weighted by Gasteiger charge is 2.32. The van der Waals surface area contributed by atoms with Gasteiger partial charge in [-0.15, -0.1) is 0 Å². The summed E-state index contributed by atoms with van der Waals surface area (Å²) in [6, 6.07) is 9.97. The molecule has 0 spiro atoms. The standard InChI is InChI=1S/C29H29N5O9/c1-15-10-19(11-21(16(15)2)34(38)39)22-9-7-20(43-22)13-30-33-25(35)14-42-23-8-6-18(12-24(23)40-4)27-26(28(36)41-5)17(3)31-29(37)32-27/h6-13,27H,14H2,1-5H3,(H,33,35)(H2,31,32,37)/b30-13-/t27-/m1/s1. The molecule has 3 amide bonds. The molecular weight excluding hydrogens is 562 g/mol. The zero-order valence-electron chi connectivity index (χ0n) is 24.0. The van der Waals surface area contributed by atoms with Crippen molar-refractivity contribution in [2.75, 3.05) is 20.8 Å². The van der Waals surface area contributed by atoms with Crippen LogP contribution in [0.25, 0.3) is 11.3 Å². The van der Waals surface area contributed by atoms with E-state index in [1.165, 1.54) is 26.5 Å². The minimum Gasteiger partial charge on any atom is -0.493 e. The van der Waals surface area contributed by atoms with Crippen LogP contribution in [0.5, 0.6) is 11.5 Å². The number of furan rings is 1. The van der Waals surface area contributed by atoms with Crippen molar-refractivity contribution >= 4 is 29.8 Å². The number of hydrogen-bond donors (Lipinski definition) is 3. The van der Waals surface area contributed by atoms with E-state index in [0.717, 1.165) is 5.56 Å². The number of carbonyl (C=O) groups excluding carboxylic acids is 3. The van der Waals surface area contributed by atoms with Crippen LogP contribution in [0.4, 0.5) is 10.5 Å². The first-order chi connectivity index (χ1) is 20.5. The Labute approximate surface area is 245 Å². The maximum atomic E-state index is 12.4. The van der Waals surface area contributed by atoms with Crippen molar-refractivity contribution in [1.29, 1.82) is 0 Å². The van der Waals surface area contributed by atoms with Crippen LogP contribution in [0.1, 0.15) is 35.4 Å². The maximum absolute atomic E-state index is 12.4. The minimum absolute atomic E-state index is 0.00363. The van der Waals surface area contributed by atoms with Gasteiger partial charge in [0.15, 0.2) is 18.1 Å². The molecule has 1 aromatic heterocycles. The summed E-state index contributed by atoms with van der Waals surface area (Å²) >= 11 is 0. The molecule has 3 N–H and O–H groups in total. The fourth-order valence-electron chi connectivity index (χ4n) is 4.40. The second-order valence-corrected chi connectivity index (χ2v) is 9.45. The normalized spacial score (nSPS) is 14.6. The lowest BCUT2D eigenvalue weighted by Gasteiger charge is -2.28. The molecule has 14 heteroatoms. The largest absolute Gasteiger partial charge is 0.493 e. The number of carbonyl (C=O) groups is 3. The zero-order valence-corrected chi connectivity index (χ0v) is 24.0. The third-order valence-corrected chi connectivity index (χ3v) is 6.68. The number of nitrogens with zero attached hydrogens (tertiary/aromatic N) is 2. The number of methoxy groups -OCH3 is 2. The molecule has 0 fully saturated rings. The fraction of sp³-hybridized carbons (Fsp3) is 0.241. The summed E-state index contributed by atoms with van der Waals surface area (Å²) in [6.45, 7) is 4.66. The van der Waals surface area contributed by atoms with Crippen LogP contribution >= 0.6 is 0 Å². The number of allylic oxidation sites excluding steroid dienone is 1. The van der Waals surface area contributed by atoms with E-state index in [4.69, 9.17) is 18.6 Å². The van der Waals surface area contributed by atoms with Crippen LogP contribution < -0.4 is 25.5 Å². The average Bonchev–Trinajstić information content (AvgIpc) is 3.45. The van der Waals surface area contributed by atoms with Gasteiger partial charge in [0, 0.05) is 22.9 Å². The van der Waals surface area contributed by atoms with E-state index in [2.05, 4.69) is 21.2 Å². The minimum atomic E-state index is -0.797. The lowest BCUT2D eigenvalue weighted by Crippen LogP contribution is -2.45. The van der Waals surface area contributed by atoms with Crippen LogP contribution in [0, 0.1) is 24.0 Å². The van der Waals surface area contributed by atoms with E-state index >= 15 is 0 Å². The molecule has 2 heterocycles. The highest BCUT2D eigenvalue weighted by Crippen LogP contribution is 2.35. The van der Waals surface area contributed by atoms with Gasteiger partial charge in [0.1, 0.15) is 11.5 Å². The van der Waals surface area contributed by atoms with Crippen molar-refractivity contribution in [3.8, 4) is 22.8 Å². The Morgan fingerprint density at radius 3 is 2.58 bits per heavy atom. The van der Waals surface area contributed by atoms with Crippen LogP contribution in [0.2, 0.25) is 0 Å². The third-order valence-electron chi connectivity index (χ3n) is 6.68. The second-order valence-electron chi connectivity index (χ2n) is 9.45. The lowest BCUT2D eigenvalue weighted by molar-refractivity contribution is -0.385. The van der Waals surface area contributed by atoms with Crippen molar-refractivity contribution < 1.29 is 37.9 Å². The van der Waals surface area contributed by atoms with Gasteiger partial charge in [-0.2, -0.15) is 5.10 Å².